The highest BCUT2D eigenvalue weighted by atomic mass is 16.5. The van der Waals surface area contributed by atoms with Crippen molar-refractivity contribution in [2.75, 3.05) is 18.5 Å². The second kappa shape index (κ2) is 7.03. The van der Waals surface area contributed by atoms with E-state index in [1.165, 1.54) is 0 Å². The zero-order valence-corrected chi connectivity index (χ0v) is 14.1. The van der Waals surface area contributed by atoms with Crippen LogP contribution in [0.1, 0.15) is 18.4 Å². The Morgan fingerprint density at radius 2 is 2.20 bits per heavy atom. The topological polar surface area (TPSA) is 73.1 Å². The maximum absolute atomic E-state index is 5.64. The second-order valence-electron chi connectivity index (χ2n) is 6.14. The summed E-state index contributed by atoms with van der Waals surface area (Å²) in [6.07, 6.45) is 9.53. The molecule has 0 spiro atoms. The van der Waals surface area contributed by atoms with Gasteiger partial charge in [0.15, 0.2) is 5.76 Å². The van der Waals surface area contributed by atoms with Crippen molar-refractivity contribution >= 4 is 5.95 Å². The van der Waals surface area contributed by atoms with E-state index in [2.05, 4.69) is 15.3 Å². The number of aromatic nitrogens is 3. The highest BCUT2D eigenvalue weighted by molar-refractivity contribution is 5.80. The van der Waals surface area contributed by atoms with Crippen LogP contribution >= 0.6 is 0 Å². The SMILES string of the molecule is Cc1cnccc1-c1cnc(NC[C@@H]2CCCO2)nc1-c1ccco1. The standard InChI is InChI=1S/C19H20N4O2/c1-13-10-20-7-6-15(13)16-12-22-19(21-11-14-4-2-8-24-14)23-18(16)17-5-3-9-25-17/h3,5-7,9-10,12,14H,2,4,8,11H2,1H3,(H,21,22,23)/t14-/m0/s1. The Kier molecular flexibility index (Phi) is 4.43. The molecule has 4 heterocycles. The monoisotopic (exact) mass is 336 g/mol. The molecule has 1 fully saturated rings. The molecule has 3 aromatic heterocycles. The van der Waals surface area contributed by atoms with Crippen molar-refractivity contribution in [3.8, 4) is 22.6 Å². The van der Waals surface area contributed by atoms with Gasteiger partial charge < -0.3 is 14.5 Å². The summed E-state index contributed by atoms with van der Waals surface area (Å²) in [5.74, 6) is 1.30. The number of hydrogen-bond acceptors (Lipinski definition) is 6. The Morgan fingerprint density at radius 1 is 1.24 bits per heavy atom. The molecule has 6 heteroatoms. The van der Waals surface area contributed by atoms with Gasteiger partial charge in [-0.15, -0.1) is 0 Å². The summed E-state index contributed by atoms with van der Waals surface area (Å²) >= 11 is 0. The molecule has 0 saturated carbocycles. The third kappa shape index (κ3) is 3.39. The summed E-state index contributed by atoms with van der Waals surface area (Å²) in [7, 11) is 0. The second-order valence-corrected chi connectivity index (χ2v) is 6.14. The van der Waals surface area contributed by atoms with Gasteiger partial charge in [-0.1, -0.05) is 0 Å². The van der Waals surface area contributed by atoms with E-state index in [0.717, 1.165) is 41.8 Å². The van der Waals surface area contributed by atoms with Crippen LogP contribution in [0.25, 0.3) is 22.6 Å². The molecule has 1 atom stereocenters. The van der Waals surface area contributed by atoms with Crippen molar-refractivity contribution in [3.05, 3.63) is 48.6 Å². The average Bonchev–Trinajstić information content (AvgIpc) is 3.34. The molecule has 6 nitrogen and oxygen atoms in total. The molecule has 3 aromatic rings. The zero-order valence-electron chi connectivity index (χ0n) is 14.1. The molecular weight excluding hydrogens is 316 g/mol. The summed E-state index contributed by atoms with van der Waals surface area (Å²) in [4.78, 5) is 13.4. The first-order valence-electron chi connectivity index (χ1n) is 8.48. The average molecular weight is 336 g/mol. The molecule has 1 aliphatic rings. The molecule has 128 valence electrons. The lowest BCUT2D eigenvalue weighted by atomic mass is 10.0. The lowest BCUT2D eigenvalue weighted by Crippen LogP contribution is -2.19. The predicted molar refractivity (Wildman–Crippen MR) is 95.2 cm³/mol. The first-order chi connectivity index (χ1) is 12.3. The highest BCUT2D eigenvalue weighted by Gasteiger charge is 2.18. The number of pyridine rings is 1. The van der Waals surface area contributed by atoms with Crippen molar-refractivity contribution in [2.45, 2.75) is 25.9 Å². The fourth-order valence-electron chi connectivity index (χ4n) is 3.05. The number of hydrogen-bond donors (Lipinski definition) is 1. The van der Waals surface area contributed by atoms with E-state index in [0.29, 0.717) is 18.3 Å². The molecule has 4 rings (SSSR count). The number of aryl methyl sites for hydroxylation is 1. The van der Waals surface area contributed by atoms with Gasteiger partial charge in [-0.2, -0.15) is 0 Å². The first kappa shape index (κ1) is 15.8. The van der Waals surface area contributed by atoms with Gasteiger partial charge in [0.1, 0.15) is 5.69 Å². The predicted octanol–water partition coefficient (Wildman–Crippen LogP) is 3.70. The van der Waals surface area contributed by atoms with Gasteiger partial charge in [0, 0.05) is 37.3 Å². The Balaban J connectivity index is 1.68. The number of ether oxygens (including phenoxy) is 1. The zero-order chi connectivity index (χ0) is 17.1. The molecule has 0 aromatic carbocycles. The molecule has 1 aliphatic heterocycles. The third-order valence-electron chi connectivity index (χ3n) is 4.37. The van der Waals surface area contributed by atoms with E-state index in [1.807, 2.05) is 37.5 Å². The fraction of sp³-hybridized carbons (Fsp3) is 0.316. The maximum Gasteiger partial charge on any atom is 0.223 e. The number of nitrogens with zero attached hydrogens (tertiary/aromatic N) is 3. The van der Waals surface area contributed by atoms with Gasteiger partial charge >= 0.3 is 0 Å². The minimum Gasteiger partial charge on any atom is -0.463 e. The van der Waals surface area contributed by atoms with Crippen LogP contribution in [-0.2, 0) is 4.74 Å². The molecular formula is C19H20N4O2. The van der Waals surface area contributed by atoms with Crippen LogP contribution in [-0.4, -0.2) is 34.2 Å². The Labute approximate surface area is 146 Å². The van der Waals surface area contributed by atoms with Crippen molar-refractivity contribution in [2.24, 2.45) is 0 Å². The van der Waals surface area contributed by atoms with Crippen LogP contribution in [0, 0.1) is 6.92 Å². The lowest BCUT2D eigenvalue weighted by Gasteiger charge is -2.13. The molecule has 0 unspecified atom stereocenters. The van der Waals surface area contributed by atoms with E-state index in [9.17, 15) is 0 Å². The van der Waals surface area contributed by atoms with Gasteiger partial charge in [0.2, 0.25) is 5.95 Å². The van der Waals surface area contributed by atoms with E-state index >= 15 is 0 Å². The number of anilines is 1. The van der Waals surface area contributed by atoms with Crippen molar-refractivity contribution in [1.29, 1.82) is 0 Å². The summed E-state index contributed by atoms with van der Waals surface area (Å²) < 4.78 is 11.2. The van der Waals surface area contributed by atoms with Crippen LogP contribution < -0.4 is 5.32 Å². The summed E-state index contributed by atoms with van der Waals surface area (Å²) in [6, 6.07) is 5.74. The summed E-state index contributed by atoms with van der Waals surface area (Å²) in [6.45, 7) is 3.58. The minimum absolute atomic E-state index is 0.234. The lowest BCUT2D eigenvalue weighted by molar-refractivity contribution is 0.120. The molecule has 0 amide bonds. The van der Waals surface area contributed by atoms with E-state index in [-0.39, 0.29) is 6.10 Å². The van der Waals surface area contributed by atoms with Crippen LogP contribution in [0.4, 0.5) is 5.95 Å². The smallest absolute Gasteiger partial charge is 0.223 e. The fourth-order valence-corrected chi connectivity index (χ4v) is 3.05. The molecule has 0 radical (unpaired) electrons. The largest absolute Gasteiger partial charge is 0.463 e. The normalized spacial score (nSPS) is 16.9. The van der Waals surface area contributed by atoms with Crippen molar-refractivity contribution in [3.63, 3.8) is 0 Å². The van der Waals surface area contributed by atoms with E-state index in [4.69, 9.17) is 14.1 Å². The molecule has 25 heavy (non-hydrogen) atoms. The molecule has 1 saturated heterocycles. The van der Waals surface area contributed by atoms with Crippen molar-refractivity contribution < 1.29 is 9.15 Å². The Morgan fingerprint density at radius 3 is 2.96 bits per heavy atom. The van der Waals surface area contributed by atoms with E-state index in [1.54, 1.807) is 12.5 Å². The van der Waals surface area contributed by atoms with Crippen LogP contribution in [0.15, 0.2) is 47.5 Å². The van der Waals surface area contributed by atoms with Gasteiger partial charge in [0.25, 0.3) is 0 Å². The van der Waals surface area contributed by atoms with Crippen molar-refractivity contribution in [1.82, 2.24) is 15.0 Å². The molecule has 0 aliphatic carbocycles. The Hall–Kier alpha value is -2.73. The summed E-state index contributed by atoms with van der Waals surface area (Å²) in [5, 5.41) is 3.28. The van der Waals surface area contributed by atoms with Crippen LogP contribution in [0.5, 0.6) is 0 Å². The number of rotatable bonds is 5. The highest BCUT2D eigenvalue weighted by Crippen LogP contribution is 2.32. The van der Waals surface area contributed by atoms with E-state index < -0.39 is 0 Å². The maximum atomic E-state index is 5.64. The Bertz CT molecular complexity index is 842. The number of furan rings is 1. The minimum atomic E-state index is 0.234. The molecule has 1 N–H and O–H groups in total. The van der Waals surface area contributed by atoms with Gasteiger partial charge in [0.05, 0.1) is 12.4 Å². The van der Waals surface area contributed by atoms with Crippen LogP contribution in [0.2, 0.25) is 0 Å². The van der Waals surface area contributed by atoms with Gasteiger partial charge in [-0.25, -0.2) is 9.97 Å². The van der Waals surface area contributed by atoms with Gasteiger partial charge in [-0.05, 0) is 49.1 Å². The summed E-state index contributed by atoms with van der Waals surface area (Å²) in [5.41, 5.74) is 3.81. The van der Waals surface area contributed by atoms with Gasteiger partial charge in [-0.3, -0.25) is 4.98 Å². The first-order valence-corrected chi connectivity index (χ1v) is 8.48. The van der Waals surface area contributed by atoms with Crippen LogP contribution in [0.3, 0.4) is 0 Å². The third-order valence-corrected chi connectivity index (χ3v) is 4.37. The quantitative estimate of drug-likeness (QED) is 0.766. The molecule has 0 bridgehead atoms. The number of nitrogens with one attached hydrogen (secondary N) is 1.